The highest BCUT2D eigenvalue weighted by Gasteiger charge is 2.23. The summed E-state index contributed by atoms with van der Waals surface area (Å²) < 4.78 is 8.39. The second-order valence-corrected chi connectivity index (χ2v) is 5.71. The van der Waals surface area contributed by atoms with Gasteiger partial charge in [-0.05, 0) is 50.9 Å². The van der Waals surface area contributed by atoms with Crippen LogP contribution in [0.3, 0.4) is 0 Å². The summed E-state index contributed by atoms with van der Waals surface area (Å²) in [7, 11) is 0. The van der Waals surface area contributed by atoms with Crippen LogP contribution in [0.25, 0.3) is 16.6 Å². The molecule has 0 amide bonds. The molecular weight excluding hydrogens is 388 g/mol. The molecule has 2 heterocycles. The van der Waals surface area contributed by atoms with Crippen LogP contribution in [-0.2, 0) is 4.74 Å². The molecule has 0 bridgehead atoms. The first-order chi connectivity index (χ1) is 9.65. The molecular formula is C14H10Br2N2O2. The Labute approximate surface area is 132 Å². The number of carbonyl (C=O) groups is 1. The van der Waals surface area contributed by atoms with Gasteiger partial charge in [-0.25, -0.2) is 4.79 Å². The monoisotopic (exact) mass is 396 g/mol. The number of esters is 1. The van der Waals surface area contributed by atoms with Gasteiger partial charge in [-0.3, -0.25) is 9.38 Å². The van der Waals surface area contributed by atoms with Gasteiger partial charge in [0, 0.05) is 0 Å². The van der Waals surface area contributed by atoms with E-state index in [2.05, 4.69) is 36.8 Å². The molecule has 2 aromatic heterocycles. The standard InChI is InChI=1S/C14H10Br2N2O2/c1-2-20-14(19)11-12(15)10-7-17-8-5-3-4-6-9(8)18(10)13(11)16/h3-7H,2H2,1H3. The smallest absolute Gasteiger partial charge is 0.342 e. The van der Waals surface area contributed by atoms with Crippen molar-refractivity contribution in [2.75, 3.05) is 6.61 Å². The van der Waals surface area contributed by atoms with E-state index in [9.17, 15) is 4.79 Å². The largest absolute Gasteiger partial charge is 0.462 e. The molecule has 3 rings (SSSR count). The molecule has 0 saturated carbocycles. The van der Waals surface area contributed by atoms with Crippen LogP contribution in [0.15, 0.2) is 39.5 Å². The Balaban J connectivity index is 2.40. The van der Waals surface area contributed by atoms with E-state index in [1.54, 1.807) is 13.1 Å². The molecule has 0 fully saturated rings. The molecule has 1 aromatic carbocycles. The number of rotatable bonds is 2. The van der Waals surface area contributed by atoms with Gasteiger partial charge in [0.2, 0.25) is 0 Å². The van der Waals surface area contributed by atoms with Crippen molar-refractivity contribution in [3.8, 4) is 0 Å². The maximum atomic E-state index is 12.1. The molecule has 0 unspecified atom stereocenters. The summed E-state index contributed by atoms with van der Waals surface area (Å²) >= 11 is 6.97. The van der Waals surface area contributed by atoms with Crippen molar-refractivity contribution in [2.24, 2.45) is 0 Å². The minimum absolute atomic E-state index is 0.336. The quantitative estimate of drug-likeness (QED) is 0.609. The van der Waals surface area contributed by atoms with Crippen LogP contribution in [0.4, 0.5) is 0 Å². The average molecular weight is 398 g/mol. The summed E-state index contributed by atoms with van der Waals surface area (Å²) in [6.45, 7) is 2.12. The number of hydrogen-bond acceptors (Lipinski definition) is 3. The Morgan fingerprint density at radius 3 is 2.80 bits per heavy atom. The molecule has 102 valence electrons. The van der Waals surface area contributed by atoms with Gasteiger partial charge in [-0.15, -0.1) is 0 Å². The summed E-state index contributed by atoms with van der Waals surface area (Å²) in [5, 5.41) is 0. The van der Waals surface area contributed by atoms with Crippen LogP contribution in [0, 0.1) is 0 Å². The zero-order chi connectivity index (χ0) is 14.3. The van der Waals surface area contributed by atoms with Gasteiger partial charge in [0.05, 0.1) is 33.8 Å². The normalized spacial score (nSPS) is 11.2. The number of aromatic nitrogens is 2. The lowest BCUT2D eigenvalue weighted by Gasteiger charge is -2.03. The van der Waals surface area contributed by atoms with Gasteiger partial charge >= 0.3 is 5.97 Å². The molecule has 20 heavy (non-hydrogen) atoms. The van der Waals surface area contributed by atoms with Crippen LogP contribution in [0.2, 0.25) is 0 Å². The van der Waals surface area contributed by atoms with Gasteiger partial charge in [-0.2, -0.15) is 0 Å². The highest BCUT2D eigenvalue weighted by atomic mass is 79.9. The summed E-state index contributed by atoms with van der Waals surface area (Å²) in [5.74, 6) is -0.362. The van der Waals surface area contributed by atoms with Crippen LogP contribution in [0.5, 0.6) is 0 Å². The summed E-state index contributed by atoms with van der Waals surface area (Å²) in [5.41, 5.74) is 3.08. The third-order valence-electron chi connectivity index (χ3n) is 3.02. The maximum Gasteiger partial charge on any atom is 0.342 e. The van der Waals surface area contributed by atoms with E-state index in [0.717, 1.165) is 16.6 Å². The fourth-order valence-corrected chi connectivity index (χ4v) is 3.79. The van der Waals surface area contributed by atoms with Crippen molar-refractivity contribution in [2.45, 2.75) is 6.92 Å². The Morgan fingerprint density at radius 2 is 2.05 bits per heavy atom. The van der Waals surface area contributed by atoms with Gasteiger partial charge < -0.3 is 4.74 Å². The number of ether oxygens (including phenoxy) is 1. The zero-order valence-corrected chi connectivity index (χ0v) is 13.7. The Bertz CT molecular complexity index is 827. The number of halogens is 2. The number of benzene rings is 1. The lowest BCUT2D eigenvalue weighted by atomic mass is 10.3. The van der Waals surface area contributed by atoms with E-state index in [4.69, 9.17) is 4.74 Å². The first-order valence-electron chi connectivity index (χ1n) is 6.05. The minimum Gasteiger partial charge on any atom is -0.462 e. The highest BCUT2D eigenvalue weighted by Crippen LogP contribution is 2.35. The predicted molar refractivity (Wildman–Crippen MR) is 84.1 cm³/mol. The van der Waals surface area contributed by atoms with Gasteiger partial charge in [0.1, 0.15) is 10.2 Å². The zero-order valence-electron chi connectivity index (χ0n) is 10.6. The molecule has 6 heteroatoms. The molecule has 0 saturated heterocycles. The summed E-state index contributed by atoms with van der Waals surface area (Å²) in [4.78, 5) is 16.5. The van der Waals surface area contributed by atoms with Gasteiger partial charge in [-0.1, -0.05) is 12.1 Å². The lowest BCUT2D eigenvalue weighted by molar-refractivity contribution is 0.0524. The number of fused-ring (bicyclic) bond motifs is 3. The van der Waals surface area contributed by atoms with E-state index in [1.807, 2.05) is 28.7 Å². The van der Waals surface area contributed by atoms with E-state index < -0.39 is 0 Å². The lowest BCUT2D eigenvalue weighted by Crippen LogP contribution is -2.05. The van der Waals surface area contributed by atoms with Crippen molar-refractivity contribution in [1.82, 2.24) is 9.38 Å². The average Bonchev–Trinajstić information content (AvgIpc) is 2.71. The van der Waals surface area contributed by atoms with E-state index in [-0.39, 0.29) is 5.97 Å². The van der Waals surface area contributed by atoms with E-state index in [1.165, 1.54) is 0 Å². The molecule has 4 nitrogen and oxygen atoms in total. The maximum absolute atomic E-state index is 12.1. The molecule has 0 spiro atoms. The Kier molecular flexibility index (Phi) is 3.52. The number of para-hydroxylation sites is 2. The Hall–Kier alpha value is -1.40. The van der Waals surface area contributed by atoms with Crippen molar-refractivity contribution in [3.05, 3.63) is 45.1 Å². The van der Waals surface area contributed by atoms with Crippen LogP contribution < -0.4 is 0 Å². The second-order valence-electron chi connectivity index (χ2n) is 4.17. The van der Waals surface area contributed by atoms with E-state index in [0.29, 0.717) is 21.2 Å². The number of nitrogens with zero attached hydrogens (tertiary/aromatic N) is 2. The number of hydrogen-bond donors (Lipinski definition) is 0. The summed E-state index contributed by atoms with van der Waals surface area (Å²) in [6.07, 6.45) is 1.74. The first kappa shape index (κ1) is 13.6. The topological polar surface area (TPSA) is 43.6 Å². The Morgan fingerprint density at radius 1 is 1.30 bits per heavy atom. The van der Waals surface area contributed by atoms with Crippen LogP contribution in [-0.4, -0.2) is 22.0 Å². The van der Waals surface area contributed by atoms with Gasteiger partial charge in [0.15, 0.2) is 0 Å². The highest BCUT2D eigenvalue weighted by molar-refractivity contribution is 9.11. The fraction of sp³-hybridized carbons (Fsp3) is 0.143. The molecule has 0 radical (unpaired) electrons. The van der Waals surface area contributed by atoms with Crippen LogP contribution in [0.1, 0.15) is 17.3 Å². The SMILES string of the molecule is CCOC(=O)c1c(Br)c2cnc3ccccc3n2c1Br. The van der Waals surface area contributed by atoms with Crippen molar-refractivity contribution < 1.29 is 9.53 Å². The fourth-order valence-electron chi connectivity index (χ4n) is 2.15. The van der Waals surface area contributed by atoms with Crippen molar-refractivity contribution in [3.63, 3.8) is 0 Å². The minimum atomic E-state index is -0.362. The van der Waals surface area contributed by atoms with Gasteiger partial charge in [0.25, 0.3) is 0 Å². The van der Waals surface area contributed by atoms with Crippen LogP contribution >= 0.6 is 31.9 Å². The second kappa shape index (κ2) is 5.18. The third-order valence-corrected chi connectivity index (χ3v) is 4.57. The molecule has 3 aromatic rings. The third kappa shape index (κ3) is 1.94. The molecule has 0 atom stereocenters. The number of carbonyl (C=O) groups excluding carboxylic acids is 1. The van der Waals surface area contributed by atoms with E-state index >= 15 is 0 Å². The molecule has 0 N–H and O–H groups in total. The first-order valence-corrected chi connectivity index (χ1v) is 7.64. The molecule has 0 aliphatic heterocycles. The molecule has 0 aliphatic rings. The van der Waals surface area contributed by atoms with Crippen molar-refractivity contribution in [1.29, 1.82) is 0 Å². The van der Waals surface area contributed by atoms with Crippen molar-refractivity contribution >= 4 is 54.4 Å². The molecule has 0 aliphatic carbocycles. The predicted octanol–water partition coefficient (Wildman–Crippen LogP) is 4.19. The summed E-state index contributed by atoms with van der Waals surface area (Å²) in [6, 6.07) is 7.76.